The second kappa shape index (κ2) is 13.1. The van der Waals surface area contributed by atoms with E-state index >= 15 is 0 Å². The molecule has 0 aliphatic carbocycles. The fourth-order valence-corrected chi connectivity index (χ4v) is 3.41. The van der Waals surface area contributed by atoms with Crippen LogP contribution in [0.5, 0.6) is 0 Å². The molecule has 0 nitrogen and oxygen atoms in total. The lowest BCUT2D eigenvalue weighted by Gasteiger charge is -2.47. The van der Waals surface area contributed by atoms with Gasteiger partial charge >= 0.3 is 113 Å². The summed E-state index contributed by atoms with van der Waals surface area (Å²) in [4.78, 5) is 0. The number of hydrogen-bond acceptors (Lipinski definition) is 0. The molecular weight excluding hydrogens is 981 g/mol. The zero-order valence-electron chi connectivity index (χ0n) is 25.2. The second-order valence-corrected chi connectivity index (χ2v) is 11.2. The van der Waals surface area contributed by atoms with Gasteiger partial charge in [0.05, 0.1) is 0 Å². The summed E-state index contributed by atoms with van der Waals surface area (Å²) in [7, 11) is 0. The van der Waals surface area contributed by atoms with Crippen molar-refractivity contribution < 1.29 is 171 Å². The molecule has 0 aliphatic rings. The third kappa shape index (κ3) is 6.18. The van der Waals surface area contributed by atoms with Crippen LogP contribution in [0.4, 0.5) is 171 Å². The van der Waals surface area contributed by atoms with Crippen molar-refractivity contribution in [3.05, 3.63) is 0 Å². The van der Waals surface area contributed by atoms with Gasteiger partial charge in [0.2, 0.25) is 0 Å². The smallest absolute Gasteiger partial charge is 0.200 e. The third-order valence-corrected chi connectivity index (χ3v) is 7.22. The van der Waals surface area contributed by atoms with Gasteiger partial charge in [0.1, 0.15) is 0 Å². The molecule has 39 heteroatoms. The average molecular weight is 984 g/mol. The van der Waals surface area contributed by atoms with E-state index in [0.29, 0.717) is 0 Å². The molecule has 0 aromatic carbocycles. The fraction of sp³-hybridized carbons (Fsp3) is 1.00. The minimum Gasteiger partial charge on any atom is -0.200 e. The molecule has 0 rings (SSSR count). The van der Waals surface area contributed by atoms with E-state index in [1.165, 1.54) is 0 Å². The van der Waals surface area contributed by atoms with Crippen LogP contribution in [0.1, 0.15) is 6.92 Å². The van der Waals surface area contributed by atoms with Crippen molar-refractivity contribution in [2.24, 2.45) is 0 Å². The van der Waals surface area contributed by atoms with Crippen molar-refractivity contribution in [3.8, 4) is 0 Å². The van der Waals surface area contributed by atoms with E-state index in [1.807, 2.05) is 0 Å². The fourth-order valence-electron chi connectivity index (χ4n) is 3.41. The van der Waals surface area contributed by atoms with Crippen LogP contribution in [0.3, 0.4) is 0 Å². The van der Waals surface area contributed by atoms with E-state index in [0.717, 1.165) is 0 Å². The molecule has 0 unspecified atom stereocenters. The summed E-state index contributed by atoms with van der Waals surface area (Å²) in [6, 6.07) is 0. The zero-order chi connectivity index (χ0) is 49.5. The highest BCUT2D eigenvalue weighted by molar-refractivity contribution is 5.23. The molecule has 0 amide bonds. The molecule has 0 saturated carbocycles. The normalized spacial score (nSPS) is 17.5. The van der Waals surface area contributed by atoms with Gasteiger partial charge in [-0.3, -0.25) is 0 Å². The van der Waals surface area contributed by atoms with Gasteiger partial charge in [0.15, 0.2) is 0 Å². The predicted octanol–water partition coefficient (Wildman–Crippen LogP) is 13.0. The Labute approximate surface area is 292 Å². The Morgan fingerprint density at radius 2 is 0.220 bits per heavy atom. The van der Waals surface area contributed by atoms with Gasteiger partial charge in [-0.15, -0.1) is 0 Å². The molecule has 0 saturated heterocycles. The molecule has 0 heterocycles. The molecule has 59 heavy (non-hydrogen) atoms. The van der Waals surface area contributed by atoms with Crippen LogP contribution in [0.15, 0.2) is 0 Å². The molecule has 356 valence electrons. The third-order valence-electron chi connectivity index (χ3n) is 7.22. The summed E-state index contributed by atoms with van der Waals surface area (Å²) in [6.07, 6.45) is -8.49. The Morgan fingerprint density at radius 3 is 0.305 bits per heavy atom. The highest BCUT2D eigenvalue weighted by atomic mass is 19.4. The Hall–Kier alpha value is -2.73. The summed E-state index contributed by atoms with van der Waals surface area (Å²) >= 11 is 0. The van der Waals surface area contributed by atoms with Crippen LogP contribution >= 0.6 is 0 Å². The number of halogens is 39. The van der Waals surface area contributed by atoms with Crippen LogP contribution < -0.4 is 0 Å². The highest BCUT2D eigenvalue weighted by Gasteiger charge is 3.03. The first kappa shape index (κ1) is 56.3. The largest absolute Gasteiger partial charge is 0.460 e. The average Bonchev–Trinajstić information content (AvgIpc) is 2.98. The van der Waals surface area contributed by atoms with Crippen LogP contribution in [0.2, 0.25) is 0 Å². The molecule has 0 spiro atoms. The first-order valence-electron chi connectivity index (χ1n) is 12.4. The molecule has 0 aromatic rings. The zero-order valence-corrected chi connectivity index (χ0v) is 25.2. The van der Waals surface area contributed by atoms with Crippen LogP contribution in [-0.2, 0) is 0 Å². The standard InChI is InChI=1S/C20H3F39/c1-2(21,22)3(23,24)4(25,26)5(27,28)6(29,30)7(31,32)8(33,34)9(35,36)10(37,38)11(39,40)12(41,42)13(43,44)14(45,46)15(47,48)16(49,50)17(51,52)18(53,54)19(55,56)20(57,58)59/h1H3. The summed E-state index contributed by atoms with van der Waals surface area (Å²) in [5.41, 5.74) is 0. The van der Waals surface area contributed by atoms with Gasteiger partial charge in [-0.05, 0) is 0 Å². The molecule has 0 fully saturated rings. The van der Waals surface area contributed by atoms with E-state index < -0.39 is 120 Å². The maximum atomic E-state index is 13.9. The maximum absolute atomic E-state index is 13.9. The van der Waals surface area contributed by atoms with E-state index in [9.17, 15) is 171 Å². The topological polar surface area (TPSA) is 0 Å². The monoisotopic (exact) mass is 984 g/mol. The number of alkyl halides is 39. The van der Waals surface area contributed by atoms with Crippen LogP contribution in [0.25, 0.3) is 0 Å². The van der Waals surface area contributed by atoms with Gasteiger partial charge in [-0.2, -0.15) is 171 Å². The lowest BCUT2D eigenvalue weighted by molar-refractivity contribution is -0.494. The van der Waals surface area contributed by atoms with Crippen molar-refractivity contribution in [2.45, 2.75) is 120 Å². The lowest BCUT2D eigenvalue weighted by atomic mass is 9.82. The first-order chi connectivity index (χ1) is 24.5. The Morgan fingerprint density at radius 1 is 0.136 bits per heavy atom. The van der Waals surface area contributed by atoms with Gasteiger partial charge in [-0.25, -0.2) is 0 Å². The highest BCUT2D eigenvalue weighted by Crippen LogP contribution is 2.71. The molecule has 0 bridgehead atoms. The van der Waals surface area contributed by atoms with Crippen molar-refractivity contribution in [1.29, 1.82) is 0 Å². The summed E-state index contributed by atoms with van der Waals surface area (Å²) < 4.78 is 524. The minimum atomic E-state index is -10.5. The van der Waals surface area contributed by atoms with Gasteiger partial charge in [-0.1, -0.05) is 0 Å². The maximum Gasteiger partial charge on any atom is 0.460 e. The van der Waals surface area contributed by atoms with Crippen LogP contribution in [0, 0.1) is 0 Å². The van der Waals surface area contributed by atoms with Crippen molar-refractivity contribution >= 4 is 0 Å². The van der Waals surface area contributed by atoms with E-state index in [4.69, 9.17) is 0 Å². The summed E-state index contributed by atoms with van der Waals surface area (Å²) in [5, 5.41) is 0. The SMILES string of the molecule is CC(F)(F)C(F)(F)C(F)(F)C(F)(F)C(F)(F)C(F)(F)C(F)(F)C(F)(F)C(F)(F)C(F)(F)C(F)(F)C(F)(F)C(F)(F)C(F)(F)C(F)(F)C(F)(F)C(F)(F)C(F)(F)C(F)(F)F. The molecular formula is C20H3F39. The van der Waals surface area contributed by atoms with Crippen LogP contribution in [-0.4, -0.2) is 113 Å². The van der Waals surface area contributed by atoms with E-state index in [2.05, 4.69) is 0 Å². The number of rotatable bonds is 17. The molecule has 0 N–H and O–H groups in total. The summed E-state index contributed by atoms with van der Waals surface area (Å²) in [5.74, 6) is -176. The lowest BCUT2D eigenvalue weighted by Crippen LogP contribution is -2.80. The minimum absolute atomic E-state index is 1.75. The van der Waals surface area contributed by atoms with Crippen molar-refractivity contribution in [3.63, 3.8) is 0 Å². The molecule has 0 aliphatic heterocycles. The van der Waals surface area contributed by atoms with Crippen molar-refractivity contribution in [2.75, 3.05) is 0 Å². The van der Waals surface area contributed by atoms with Gasteiger partial charge in [0.25, 0.3) is 0 Å². The summed E-state index contributed by atoms with van der Waals surface area (Å²) in [6.45, 7) is -1.75. The van der Waals surface area contributed by atoms with Gasteiger partial charge < -0.3 is 0 Å². The predicted molar refractivity (Wildman–Crippen MR) is 101 cm³/mol. The molecule has 0 aromatic heterocycles. The number of hydrogen-bond donors (Lipinski definition) is 0. The first-order valence-corrected chi connectivity index (χ1v) is 12.4. The molecule has 0 radical (unpaired) electrons. The van der Waals surface area contributed by atoms with Gasteiger partial charge in [0, 0.05) is 6.92 Å². The van der Waals surface area contributed by atoms with E-state index in [-0.39, 0.29) is 0 Å². The Bertz CT molecular complexity index is 1410. The van der Waals surface area contributed by atoms with E-state index in [1.54, 1.807) is 0 Å². The quantitative estimate of drug-likeness (QED) is 0.127. The Kier molecular flexibility index (Phi) is 12.5. The molecule has 0 atom stereocenters. The second-order valence-electron chi connectivity index (χ2n) is 11.2. The van der Waals surface area contributed by atoms with Crippen molar-refractivity contribution in [1.82, 2.24) is 0 Å². The Balaban J connectivity index is 7.92.